The number of ether oxygens (including phenoxy) is 1. The third-order valence-electron chi connectivity index (χ3n) is 3.65. The van der Waals surface area contributed by atoms with Crippen molar-refractivity contribution in [3.8, 4) is 0 Å². The van der Waals surface area contributed by atoms with Gasteiger partial charge in [0.1, 0.15) is 0 Å². The van der Waals surface area contributed by atoms with Crippen molar-refractivity contribution in [2.45, 2.75) is 33.4 Å². The second kappa shape index (κ2) is 11.9. The zero-order valence-electron chi connectivity index (χ0n) is 15.9. The topological polar surface area (TPSA) is 48.9 Å². The molecule has 0 bridgehead atoms. The van der Waals surface area contributed by atoms with Crippen LogP contribution in [0.4, 0.5) is 0 Å². The van der Waals surface area contributed by atoms with Gasteiger partial charge >= 0.3 is 0 Å². The summed E-state index contributed by atoms with van der Waals surface area (Å²) in [5, 5.41) is 6.66. The molecule has 0 saturated carbocycles. The van der Waals surface area contributed by atoms with E-state index < -0.39 is 0 Å². The Bertz CT molecular complexity index is 486. The van der Waals surface area contributed by atoms with Crippen LogP contribution in [0.3, 0.4) is 0 Å². The molecule has 0 spiro atoms. The molecule has 0 radical (unpaired) electrons. The molecule has 0 aliphatic heterocycles. The van der Waals surface area contributed by atoms with Crippen LogP contribution in [0.15, 0.2) is 29.3 Å². The first kappa shape index (κ1) is 20.5. The maximum absolute atomic E-state index is 5.61. The fourth-order valence-electron chi connectivity index (χ4n) is 2.29. The Morgan fingerprint density at radius 1 is 1.12 bits per heavy atom. The first-order valence-electron chi connectivity index (χ1n) is 8.76. The Hall–Kier alpha value is -1.59. The second-order valence-electron chi connectivity index (χ2n) is 6.65. The smallest absolute Gasteiger partial charge is 0.191 e. The van der Waals surface area contributed by atoms with Crippen molar-refractivity contribution in [2.75, 3.05) is 40.9 Å². The summed E-state index contributed by atoms with van der Waals surface area (Å²) in [6.45, 7) is 8.40. The minimum atomic E-state index is 0.689. The van der Waals surface area contributed by atoms with E-state index in [1.807, 2.05) is 0 Å². The molecule has 2 N–H and O–H groups in total. The molecule has 0 aromatic heterocycles. The first-order valence-corrected chi connectivity index (χ1v) is 8.76. The van der Waals surface area contributed by atoms with Gasteiger partial charge in [-0.25, -0.2) is 0 Å². The lowest BCUT2D eigenvalue weighted by atomic mass is 10.1. The van der Waals surface area contributed by atoms with Gasteiger partial charge in [-0.05, 0) is 37.6 Å². The van der Waals surface area contributed by atoms with Gasteiger partial charge in [-0.1, -0.05) is 38.1 Å². The molecule has 5 heteroatoms. The Kier molecular flexibility index (Phi) is 10.1. The van der Waals surface area contributed by atoms with E-state index >= 15 is 0 Å². The number of hydrogen-bond donors (Lipinski definition) is 2. The summed E-state index contributed by atoms with van der Waals surface area (Å²) in [7, 11) is 5.97. The molecule has 0 saturated heterocycles. The zero-order valence-corrected chi connectivity index (χ0v) is 15.9. The standard InChI is InChI=1S/C19H34N4O/c1-16(2)10-12-24-13-11-21-19(20-3)22-14-17-8-6-7-9-18(17)15-23(4)5/h6-9,16H,10-15H2,1-5H3,(H2,20,21,22). The van der Waals surface area contributed by atoms with Crippen LogP contribution in [-0.4, -0.2) is 51.8 Å². The highest BCUT2D eigenvalue weighted by Crippen LogP contribution is 2.10. The summed E-state index contributed by atoms with van der Waals surface area (Å²) in [5.41, 5.74) is 2.63. The van der Waals surface area contributed by atoms with Crippen LogP contribution in [0.5, 0.6) is 0 Å². The van der Waals surface area contributed by atoms with Crippen LogP contribution < -0.4 is 10.6 Å². The van der Waals surface area contributed by atoms with Crippen LogP contribution in [0, 0.1) is 5.92 Å². The van der Waals surface area contributed by atoms with Gasteiger partial charge in [0.2, 0.25) is 0 Å². The number of nitrogens with zero attached hydrogens (tertiary/aromatic N) is 2. The van der Waals surface area contributed by atoms with Gasteiger partial charge in [-0.3, -0.25) is 4.99 Å². The van der Waals surface area contributed by atoms with Crippen molar-refractivity contribution in [3.63, 3.8) is 0 Å². The molecular weight excluding hydrogens is 300 g/mol. The molecule has 0 heterocycles. The predicted octanol–water partition coefficient (Wildman–Crippen LogP) is 2.48. The minimum Gasteiger partial charge on any atom is -0.380 e. The van der Waals surface area contributed by atoms with E-state index in [0.29, 0.717) is 12.5 Å². The van der Waals surface area contributed by atoms with Crippen LogP contribution >= 0.6 is 0 Å². The van der Waals surface area contributed by atoms with Crippen molar-refractivity contribution < 1.29 is 4.74 Å². The monoisotopic (exact) mass is 334 g/mol. The van der Waals surface area contributed by atoms with Crippen molar-refractivity contribution in [3.05, 3.63) is 35.4 Å². The van der Waals surface area contributed by atoms with E-state index in [1.165, 1.54) is 11.1 Å². The molecule has 0 aliphatic rings. The average molecular weight is 335 g/mol. The Morgan fingerprint density at radius 2 is 1.83 bits per heavy atom. The van der Waals surface area contributed by atoms with E-state index in [9.17, 15) is 0 Å². The SMILES string of the molecule is CN=C(NCCOCCC(C)C)NCc1ccccc1CN(C)C. The van der Waals surface area contributed by atoms with Gasteiger partial charge in [0.15, 0.2) is 5.96 Å². The fourth-order valence-corrected chi connectivity index (χ4v) is 2.29. The van der Waals surface area contributed by atoms with Gasteiger partial charge < -0.3 is 20.3 Å². The Balaban J connectivity index is 2.34. The summed E-state index contributed by atoms with van der Waals surface area (Å²) >= 11 is 0. The molecule has 1 rings (SSSR count). The number of benzene rings is 1. The van der Waals surface area contributed by atoms with E-state index in [0.717, 1.165) is 38.6 Å². The second-order valence-corrected chi connectivity index (χ2v) is 6.65. The highest BCUT2D eigenvalue weighted by atomic mass is 16.5. The van der Waals surface area contributed by atoms with Crippen LogP contribution in [-0.2, 0) is 17.8 Å². The number of nitrogens with one attached hydrogen (secondary N) is 2. The maximum atomic E-state index is 5.61. The molecule has 5 nitrogen and oxygen atoms in total. The number of aliphatic imine (C=N–C) groups is 1. The number of guanidine groups is 1. The molecule has 0 aliphatic carbocycles. The van der Waals surface area contributed by atoms with Crippen LogP contribution in [0.1, 0.15) is 31.4 Å². The lowest BCUT2D eigenvalue weighted by Gasteiger charge is -2.16. The van der Waals surface area contributed by atoms with Crippen LogP contribution in [0.25, 0.3) is 0 Å². The summed E-state index contributed by atoms with van der Waals surface area (Å²) in [5.74, 6) is 1.50. The quantitative estimate of drug-likeness (QED) is 0.392. The predicted molar refractivity (Wildman–Crippen MR) is 102 cm³/mol. The van der Waals surface area contributed by atoms with Crippen molar-refractivity contribution in [2.24, 2.45) is 10.9 Å². The minimum absolute atomic E-state index is 0.689. The molecule has 0 unspecified atom stereocenters. The van der Waals surface area contributed by atoms with E-state index in [4.69, 9.17) is 4.74 Å². The molecule has 24 heavy (non-hydrogen) atoms. The molecule has 1 aromatic carbocycles. The Labute approximate surface area is 147 Å². The van der Waals surface area contributed by atoms with Gasteiger partial charge in [0, 0.05) is 33.3 Å². The summed E-state index contributed by atoms with van der Waals surface area (Å²) in [6, 6.07) is 8.50. The van der Waals surface area contributed by atoms with Crippen molar-refractivity contribution in [1.82, 2.24) is 15.5 Å². The summed E-state index contributed by atoms with van der Waals surface area (Å²) in [6.07, 6.45) is 1.11. The number of rotatable bonds is 10. The average Bonchev–Trinajstić information content (AvgIpc) is 2.54. The van der Waals surface area contributed by atoms with Gasteiger partial charge in [0.25, 0.3) is 0 Å². The fraction of sp³-hybridized carbons (Fsp3) is 0.632. The molecular formula is C19H34N4O. The summed E-state index contributed by atoms with van der Waals surface area (Å²) in [4.78, 5) is 6.45. The van der Waals surface area contributed by atoms with E-state index in [1.54, 1.807) is 7.05 Å². The lowest BCUT2D eigenvalue weighted by Crippen LogP contribution is -2.38. The normalized spacial score (nSPS) is 12.0. The zero-order chi connectivity index (χ0) is 17.8. The lowest BCUT2D eigenvalue weighted by molar-refractivity contribution is 0.128. The Morgan fingerprint density at radius 3 is 2.46 bits per heavy atom. The molecule has 0 fully saturated rings. The van der Waals surface area contributed by atoms with Crippen molar-refractivity contribution >= 4 is 5.96 Å². The summed E-state index contributed by atoms with van der Waals surface area (Å²) < 4.78 is 5.61. The molecule has 0 atom stereocenters. The van der Waals surface area contributed by atoms with Gasteiger partial charge in [-0.2, -0.15) is 0 Å². The van der Waals surface area contributed by atoms with Crippen molar-refractivity contribution in [1.29, 1.82) is 0 Å². The highest BCUT2D eigenvalue weighted by Gasteiger charge is 2.04. The van der Waals surface area contributed by atoms with E-state index in [-0.39, 0.29) is 0 Å². The largest absolute Gasteiger partial charge is 0.380 e. The maximum Gasteiger partial charge on any atom is 0.191 e. The number of hydrogen-bond acceptors (Lipinski definition) is 3. The molecule has 1 aromatic rings. The molecule has 136 valence electrons. The van der Waals surface area contributed by atoms with Gasteiger partial charge in [-0.15, -0.1) is 0 Å². The first-order chi connectivity index (χ1) is 11.5. The highest BCUT2D eigenvalue weighted by molar-refractivity contribution is 5.79. The third-order valence-corrected chi connectivity index (χ3v) is 3.65. The van der Waals surface area contributed by atoms with E-state index in [2.05, 4.69) is 72.7 Å². The van der Waals surface area contributed by atoms with Gasteiger partial charge in [0.05, 0.1) is 6.61 Å². The molecule has 0 amide bonds. The third kappa shape index (κ3) is 8.89. The van der Waals surface area contributed by atoms with Crippen LogP contribution in [0.2, 0.25) is 0 Å².